The van der Waals surface area contributed by atoms with Crippen LogP contribution < -0.4 is 20.5 Å². The summed E-state index contributed by atoms with van der Waals surface area (Å²) >= 11 is 0. The first-order valence-electron chi connectivity index (χ1n) is 5.83. The molecule has 0 aliphatic rings. The van der Waals surface area contributed by atoms with Gasteiger partial charge >= 0.3 is 0 Å². The summed E-state index contributed by atoms with van der Waals surface area (Å²) in [4.78, 5) is 0. The Morgan fingerprint density at radius 3 is 2.29 bits per heavy atom. The van der Waals surface area contributed by atoms with E-state index in [0.29, 0.717) is 23.1 Å². The van der Waals surface area contributed by atoms with Gasteiger partial charge in [0.1, 0.15) is 0 Å². The normalized spacial score (nSPS) is 10.4. The Hall–Kier alpha value is -1.58. The minimum absolute atomic E-state index is 0.652. The fourth-order valence-corrected chi connectivity index (χ4v) is 1.54. The van der Waals surface area contributed by atoms with Crippen molar-refractivity contribution in [3.63, 3.8) is 0 Å². The fourth-order valence-electron chi connectivity index (χ4n) is 1.54. The Bertz CT molecular complexity index is 365. The van der Waals surface area contributed by atoms with Gasteiger partial charge < -0.3 is 20.5 Å². The van der Waals surface area contributed by atoms with Crippen molar-refractivity contribution < 1.29 is 9.47 Å². The summed E-state index contributed by atoms with van der Waals surface area (Å²) in [5.41, 5.74) is 7.50. The van der Waals surface area contributed by atoms with E-state index in [1.165, 1.54) is 0 Å². The molecule has 0 atom stereocenters. The molecule has 1 aromatic rings. The van der Waals surface area contributed by atoms with Crippen LogP contribution in [-0.2, 0) is 0 Å². The zero-order valence-corrected chi connectivity index (χ0v) is 11.0. The molecule has 17 heavy (non-hydrogen) atoms. The number of nitrogens with two attached hydrogens (primary N) is 1. The van der Waals surface area contributed by atoms with E-state index >= 15 is 0 Å². The predicted octanol–water partition coefficient (Wildman–Crippen LogP) is 2.74. The molecule has 0 bridgehead atoms. The lowest BCUT2D eigenvalue weighted by molar-refractivity contribution is 0.355. The monoisotopic (exact) mass is 238 g/mol. The zero-order chi connectivity index (χ0) is 12.8. The first-order chi connectivity index (χ1) is 8.08. The van der Waals surface area contributed by atoms with E-state index in [2.05, 4.69) is 19.2 Å². The molecule has 0 aromatic heterocycles. The van der Waals surface area contributed by atoms with Gasteiger partial charge in [-0.2, -0.15) is 0 Å². The summed E-state index contributed by atoms with van der Waals surface area (Å²) < 4.78 is 10.4. The number of ether oxygens (including phenoxy) is 2. The van der Waals surface area contributed by atoms with Crippen LogP contribution in [0.15, 0.2) is 12.1 Å². The topological polar surface area (TPSA) is 56.5 Å². The molecule has 4 nitrogen and oxygen atoms in total. The number of nitrogen functional groups attached to an aromatic ring is 1. The van der Waals surface area contributed by atoms with E-state index in [-0.39, 0.29) is 0 Å². The zero-order valence-electron chi connectivity index (χ0n) is 11.0. The summed E-state index contributed by atoms with van der Waals surface area (Å²) in [6, 6.07) is 3.64. The molecule has 96 valence electrons. The number of rotatable bonds is 6. The van der Waals surface area contributed by atoms with E-state index < -0.39 is 0 Å². The lowest BCUT2D eigenvalue weighted by atomic mass is 10.1. The van der Waals surface area contributed by atoms with Gasteiger partial charge in [0, 0.05) is 18.7 Å². The second-order valence-corrected chi connectivity index (χ2v) is 4.40. The molecule has 0 heterocycles. The molecular formula is C13H22N2O2. The second-order valence-electron chi connectivity index (χ2n) is 4.40. The molecule has 0 radical (unpaired) electrons. The van der Waals surface area contributed by atoms with Crippen molar-refractivity contribution in [3.05, 3.63) is 12.1 Å². The van der Waals surface area contributed by atoms with Gasteiger partial charge in [-0.05, 0) is 12.3 Å². The van der Waals surface area contributed by atoms with Gasteiger partial charge in [-0.1, -0.05) is 13.8 Å². The molecule has 1 rings (SSSR count). The van der Waals surface area contributed by atoms with Crippen molar-refractivity contribution in [1.82, 2.24) is 0 Å². The van der Waals surface area contributed by atoms with Gasteiger partial charge in [-0.3, -0.25) is 0 Å². The van der Waals surface area contributed by atoms with Crippen molar-refractivity contribution in [2.45, 2.75) is 20.3 Å². The standard InChI is InChI=1S/C13H22N2O2/c1-9(2)5-6-15-11-8-13(17-4)12(16-3)7-10(11)14/h7-9,15H,5-6,14H2,1-4H3. The molecular weight excluding hydrogens is 216 g/mol. The summed E-state index contributed by atoms with van der Waals surface area (Å²) in [5.74, 6) is 2.01. The minimum atomic E-state index is 0.652. The molecule has 0 spiro atoms. The maximum Gasteiger partial charge on any atom is 0.162 e. The van der Waals surface area contributed by atoms with Crippen LogP contribution in [0.2, 0.25) is 0 Å². The Morgan fingerprint density at radius 1 is 1.18 bits per heavy atom. The molecule has 0 saturated heterocycles. The van der Waals surface area contributed by atoms with Crippen LogP contribution in [0, 0.1) is 5.92 Å². The smallest absolute Gasteiger partial charge is 0.162 e. The largest absolute Gasteiger partial charge is 0.493 e. The fraction of sp³-hybridized carbons (Fsp3) is 0.538. The Balaban J connectivity index is 2.78. The molecule has 4 heteroatoms. The van der Waals surface area contributed by atoms with Gasteiger partial charge in [0.25, 0.3) is 0 Å². The van der Waals surface area contributed by atoms with E-state index in [9.17, 15) is 0 Å². The van der Waals surface area contributed by atoms with E-state index in [0.717, 1.165) is 18.7 Å². The number of methoxy groups -OCH3 is 2. The SMILES string of the molecule is COc1cc(N)c(NCCC(C)C)cc1OC. The predicted molar refractivity (Wildman–Crippen MR) is 71.9 cm³/mol. The average molecular weight is 238 g/mol. The Kier molecular flexibility index (Phi) is 4.94. The molecule has 3 N–H and O–H groups in total. The Morgan fingerprint density at radius 2 is 1.76 bits per heavy atom. The third kappa shape index (κ3) is 3.73. The maximum atomic E-state index is 5.94. The van der Waals surface area contributed by atoms with Gasteiger partial charge in [-0.25, -0.2) is 0 Å². The van der Waals surface area contributed by atoms with Gasteiger partial charge in [-0.15, -0.1) is 0 Å². The minimum Gasteiger partial charge on any atom is -0.493 e. The Labute approximate surface area is 103 Å². The maximum absolute atomic E-state index is 5.94. The third-order valence-electron chi connectivity index (χ3n) is 2.59. The van der Waals surface area contributed by atoms with E-state index in [1.54, 1.807) is 20.3 Å². The van der Waals surface area contributed by atoms with Gasteiger partial charge in [0.15, 0.2) is 11.5 Å². The van der Waals surface area contributed by atoms with Crippen LogP contribution in [0.1, 0.15) is 20.3 Å². The summed E-state index contributed by atoms with van der Waals surface area (Å²) in [5, 5.41) is 3.31. The summed E-state index contributed by atoms with van der Waals surface area (Å²) in [6.07, 6.45) is 1.10. The highest BCUT2D eigenvalue weighted by atomic mass is 16.5. The number of benzene rings is 1. The summed E-state index contributed by atoms with van der Waals surface area (Å²) in [6.45, 7) is 5.29. The lowest BCUT2D eigenvalue weighted by Crippen LogP contribution is -2.07. The van der Waals surface area contributed by atoms with Gasteiger partial charge in [0.05, 0.1) is 25.6 Å². The average Bonchev–Trinajstić information content (AvgIpc) is 2.30. The molecule has 0 saturated carbocycles. The quantitative estimate of drug-likeness (QED) is 0.748. The van der Waals surface area contributed by atoms with Crippen LogP contribution >= 0.6 is 0 Å². The van der Waals surface area contributed by atoms with Crippen LogP contribution in [0.3, 0.4) is 0 Å². The van der Waals surface area contributed by atoms with Gasteiger partial charge in [0.2, 0.25) is 0 Å². The first-order valence-corrected chi connectivity index (χ1v) is 5.83. The summed E-state index contributed by atoms with van der Waals surface area (Å²) in [7, 11) is 3.22. The molecule has 0 amide bonds. The molecule has 0 aliphatic carbocycles. The van der Waals surface area contributed by atoms with E-state index in [4.69, 9.17) is 15.2 Å². The molecule has 0 fully saturated rings. The molecule has 0 aliphatic heterocycles. The number of hydrogen-bond donors (Lipinski definition) is 2. The van der Waals surface area contributed by atoms with Crippen molar-refractivity contribution in [2.75, 3.05) is 31.8 Å². The van der Waals surface area contributed by atoms with Crippen LogP contribution in [0.4, 0.5) is 11.4 Å². The van der Waals surface area contributed by atoms with Crippen molar-refractivity contribution >= 4 is 11.4 Å². The second kappa shape index (κ2) is 6.23. The van der Waals surface area contributed by atoms with Crippen molar-refractivity contribution in [1.29, 1.82) is 0 Å². The van der Waals surface area contributed by atoms with Crippen LogP contribution in [0.25, 0.3) is 0 Å². The van der Waals surface area contributed by atoms with Crippen molar-refractivity contribution in [3.8, 4) is 11.5 Å². The number of hydrogen-bond acceptors (Lipinski definition) is 4. The van der Waals surface area contributed by atoms with Crippen LogP contribution in [-0.4, -0.2) is 20.8 Å². The number of nitrogens with one attached hydrogen (secondary N) is 1. The molecule has 1 aromatic carbocycles. The van der Waals surface area contributed by atoms with Crippen molar-refractivity contribution in [2.24, 2.45) is 5.92 Å². The number of anilines is 2. The van der Waals surface area contributed by atoms with Crippen LogP contribution in [0.5, 0.6) is 11.5 Å². The highest BCUT2D eigenvalue weighted by Crippen LogP contribution is 2.34. The van der Waals surface area contributed by atoms with E-state index in [1.807, 2.05) is 6.07 Å². The molecule has 0 unspecified atom stereocenters. The highest BCUT2D eigenvalue weighted by molar-refractivity contribution is 5.71. The third-order valence-corrected chi connectivity index (χ3v) is 2.59. The highest BCUT2D eigenvalue weighted by Gasteiger charge is 2.08. The first kappa shape index (κ1) is 13.5. The lowest BCUT2D eigenvalue weighted by Gasteiger charge is -2.14.